The summed E-state index contributed by atoms with van der Waals surface area (Å²) in [6, 6.07) is 6.35. The fraction of sp³-hybridized carbons (Fsp3) is 0.273. The lowest BCUT2D eigenvalue weighted by atomic mass is 10.1. The summed E-state index contributed by atoms with van der Waals surface area (Å²) in [6.45, 7) is 0. The average Bonchev–Trinajstić information content (AvgIpc) is 2.57. The molecule has 0 aliphatic carbocycles. The van der Waals surface area contributed by atoms with Crippen molar-refractivity contribution in [3.8, 4) is 0 Å². The maximum Gasteiger partial charge on any atom is 0.0457 e. The lowest BCUT2D eigenvalue weighted by molar-refractivity contribution is 0.947. The van der Waals surface area contributed by atoms with Crippen molar-refractivity contribution in [2.75, 3.05) is 5.33 Å². The van der Waals surface area contributed by atoms with Crippen molar-refractivity contribution >= 4 is 42.8 Å². The molecule has 0 spiro atoms. The standard InChI is InChI=1S/C11H11Br2N/c12-5-1-2-8-7-14-11-4-3-9(13)6-10(8)11/h3-4,6-7,14H,1-2,5H2. The predicted molar refractivity (Wildman–Crippen MR) is 68.1 cm³/mol. The van der Waals surface area contributed by atoms with Crippen LogP contribution in [0.3, 0.4) is 0 Å². The number of nitrogens with one attached hydrogen (secondary N) is 1. The molecule has 0 unspecified atom stereocenters. The zero-order valence-corrected chi connectivity index (χ0v) is 10.9. The Kier molecular flexibility index (Phi) is 3.29. The van der Waals surface area contributed by atoms with E-state index in [1.165, 1.54) is 22.9 Å². The van der Waals surface area contributed by atoms with E-state index in [2.05, 4.69) is 61.2 Å². The van der Waals surface area contributed by atoms with Gasteiger partial charge in [-0.3, -0.25) is 0 Å². The van der Waals surface area contributed by atoms with Crippen LogP contribution in [0.4, 0.5) is 0 Å². The summed E-state index contributed by atoms with van der Waals surface area (Å²) in [6.07, 6.45) is 4.42. The second-order valence-corrected chi connectivity index (χ2v) is 5.01. The normalized spacial score (nSPS) is 11.0. The summed E-state index contributed by atoms with van der Waals surface area (Å²) in [4.78, 5) is 3.29. The fourth-order valence-electron chi connectivity index (χ4n) is 1.61. The van der Waals surface area contributed by atoms with E-state index in [1.54, 1.807) is 0 Å². The Labute approximate surface area is 100 Å². The first-order chi connectivity index (χ1) is 6.81. The van der Waals surface area contributed by atoms with Gasteiger partial charge in [0.15, 0.2) is 0 Å². The number of rotatable bonds is 3. The van der Waals surface area contributed by atoms with Crippen LogP contribution >= 0.6 is 31.9 Å². The van der Waals surface area contributed by atoms with Gasteiger partial charge in [0.1, 0.15) is 0 Å². The highest BCUT2D eigenvalue weighted by Gasteiger charge is 2.03. The van der Waals surface area contributed by atoms with Crippen LogP contribution < -0.4 is 0 Å². The van der Waals surface area contributed by atoms with Crippen molar-refractivity contribution in [3.63, 3.8) is 0 Å². The highest BCUT2D eigenvalue weighted by atomic mass is 79.9. The molecule has 0 radical (unpaired) electrons. The highest BCUT2D eigenvalue weighted by Crippen LogP contribution is 2.23. The summed E-state index contributed by atoms with van der Waals surface area (Å²) < 4.78 is 1.14. The van der Waals surface area contributed by atoms with E-state index in [1.807, 2.05) is 0 Å². The predicted octanol–water partition coefficient (Wildman–Crippen LogP) is 4.26. The molecule has 0 saturated carbocycles. The second kappa shape index (κ2) is 4.49. The molecule has 3 heteroatoms. The lowest BCUT2D eigenvalue weighted by Crippen LogP contribution is -1.83. The Hall–Kier alpha value is -0.280. The minimum absolute atomic E-state index is 1.06. The fourth-order valence-corrected chi connectivity index (χ4v) is 2.26. The van der Waals surface area contributed by atoms with E-state index in [4.69, 9.17) is 0 Å². The van der Waals surface area contributed by atoms with Gasteiger partial charge in [0.2, 0.25) is 0 Å². The van der Waals surface area contributed by atoms with Gasteiger partial charge in [-0.2, -0.15) is 0 Å². The number of aryl methyl sites for hydroxylation is 1. The first-order valence-electron chi connectivity index (χ1n) is 4.63. The number of H-pyrrole nitrogens is 1. The quantitative estimate of drug-likeness (QED) is 0.814. The molecule has 0 aliphatic rings. The first kappa shape index (κ1) is 10.2. The molecule has 2 aromatic rings. The van der Waals surface area contributed by atoms with E-state index >= 15 is 0 Å². The molecule has 14 heavy (non-hydrogen) atoms. The minimum atomic E-state index is 1.06. The van der Waals surface area contributed by atoms with E-state index in [9.17, 15) is 0 Å². The third-order valence-corrected chi connectivity index (χ3v) is 3.36. The Bertz CT molecular complexity index is 434. The molecule has 1 N–H and O–H groups in total. The van der Waals surface area contributed by atoms with Crippen LogP contribution in [0.25, 0.3) is 10.9 Å². The SMILES string of the molecule is BrCCCc1c[nH]c2ccc(Br)cc12. The lowest BCUT2D eigenvalue weighted by Gasteiger charge is -1.97. The van der Waals surface area contributed by atoms with Crippen molar-refractivity contribution < 1.29 is 0 Å². The zero-order valence-electron chi connectivity index (χ0n) is 7.69. The van der Waals surface area contributed by atoms with Crippen LogP contribution in [-0.4, -0.2) is 10.3 Å². The van der Waals surface area contributed by atoms with E-state index in [0.29, 0.717) is 0 Å². The average molecular weight is 317 g/mol. The van der Waals surface area contributed by atoms with Gasteiger partial charge in [-0.1, -0.05) is 31.9 Å². The Morgan fingerprint density at radius 3 is 2.93 bits per heavy atom. The largest absolute Gasteiger partial charge is 0.361 e. The molecule has 74 valence electrons. The molecule has 1 heterocycles. The molecule has 0 bridgehead atoms. The van der Waals surface area contributed by atoms with Gasteiger partial charge in [0.05, 0.1) is 0 Å². The third kappa shape index (κ3) is 2.04. The summed E-state index contributed by atoms with van der Waals surface area (Å²) in [5.74, 6) is 0. The van der Waals surface area contributed by atoms with E-state index in [0.717, 1.165) is 16.2 Å². The van der Waals surface area contributed by atoms with Gasteiger partial charge in [-0.05, 0) is 36.6 Å². The first-order valence-corrected chi connectivity index (χ1v) is 6.54. The van der Waals surface area contributed by atoms with Crippen LogP contribution in [0.15, 0.2) is 28.9 Å². The maximum absolute atomic E-state index is 3.50. The van der Waals surface area contributed by atoms with Gasteiger partial charge in [0.25, 0.3) is 0 Å². The monoisotopic (exact) mass is 315 g/mol. The molecular weight excluding hydrogens is 306 g/mol. The number of alkyl halides is 1. The summed E-state index contributed by atoms with van der Waals surface area (Å²) >= 11 is 6.95. The number of aromatic nitrogens is 1. The van der Waals surface area contributed by atoms with E-state index in [-0.39, 0.29) is 0 Å². The number of hydrogen-bond acceptors (Lipinski definition) is 0. The van der Waals surface area contributed by atoms with Crippen molar-refractivity contribution in [1.29, 1.82) is 0 Å². The Morgan fingerprint density at radius 1 is 1.29 bits per heavy atom. The Balaban J connectivity index is 2.40. The number of aromatic amines is 1. The minimum Gasteiger partial charge on any atom is -0.361 e. The Morgan fingerprint density at radius 2 is 2.14 bits per heavy atom. The summed E-state index contributed by atoms with van der Waals surface area (Å²) in [5.41, 5.74) is 2.62. The molecule has 0 fully saturated rings. The number of halogens is 2. The summed E-state index contributed by atoms with van der Waals surface area (Å²) in [5, 5.41) is 2.40. The molecule has 1 aromatic carbocycles. The van der Waals surface area contributed by atoms with Crippen LogP contribution in [0.1, 0.15) is 12.0 Å². The molecular formula is C11H11Br2N. The van der Waals surface area contributed by atoms with E-state index < -0.39 is 0 Å². The van der Waals surface area contributed by atoms with Gasteiger partial charge < -0.3 is 4.98 Å². The van der Waals surface area contributed by atoms with Crippen molar-refractivity contribution in [3.05, 3.63) is 34.4 Å². The molecule has 1 aromatic heterocycles. The van der Waals surface area contributed by atoms with Gasteiger partial charge in [-0.15, -0.1) is 0 Å². The topological polar surface area (TPSA) is 15.8 Å². The van der Waals surface area contributed by atoms with Crippen molar-refractivity contribution in [2.45, 2.75) is 12.8 Å². The highest BCUT2D eigenvalue weighted by molar-refractivity contribution is 9.10. The van der Waals surface area contributed by atoms with Gasteiger partial charge >= 0.3 is 0 Å². The van der Waals surface area contributed by atoms with Crippen LogP contribution in [-0.2, 0) is 6.42 Å². The second-order valence-electron chi connectivity index (χ2n) is 3.30. The molecule has 2 rings (SSSR count). The van der Waals surface area contributed by atoms with Crippen molar-refractivity contribution in [2.24, 2.45) is 0 Å². The molecule has 0 saturated heterocycles. The van der Waals surface area contributed by atoms with Crippen LogP contribution in [0.2, 0.25) is 0 Å². The maximum atomic E-state index is 3.50. The molecule has 1 nitrogen and oxygen atoms in total. The summed E-state index contributed by atoms with van der Waals surface area (Å²) in [7, 11) is 0. The van der Waals surface area contributed by atoms with Crippen molar-refractivity contribution in [1.82, 2.24) is 4.98 Å². The number of fused-ring (bicyclic) bond motifs is 1. The zero-order chi connectivity index (χ0) is 9.97. The molecule has 0 amide bonds. The molecule has 0 atom stereocenters. The van der Waals surface area contributed by atoms with Gasteiger partial charge in [0, 0.05) is 26.9 Å². The number of benzene rings is 1. The smallest absolute Gasteiger partial charge is 0.0457 e. The number of hydrogen-bond donors (Lipinski definition) is 1. The van der Waals surface area contributed by atoms with Crippen LogP contribution in [0.5, 0.6) is 0 Å². The molecule has 0 aliphatic heterocycles. The third-order valence-electron chi connectivity index (χ3n) is 2.31. The van der Waals surface area contributed by atoms with Gasteiger partial charge in [-0.25, -0.2) is 0 Å². The van der Waals surface area contributed by atoms with Crippen LogP contribution in [0, 0.1) is 0 Å².